The summed E-state index contributed by atoms with van der Waals surface area (Å²) in [6, 6.07) is 15.1. The molecule has 2 N–H and O–H groups in total. The maximum absolute atomic E-state index is 12.9. The molecule has 0 saturated carbocycles. The molecule has 1 amide bonds. The van der Waals surface area contributed by atoms with E-state index in [1.54, 1.807) is 6.07 Å². The molecule has 130 valence electrons. The lowest BCUT2D eigenvalue weighted by Gasteiger charge is -2.10. The fraction of sp³-hybridized carbons (Fsp3) is 0.150. The number of carbonyl (C=O) groups is 1. The van der Waals surface area contributed by atoms with E-state index in [4.69, 9.17) is 0 Å². The molecule has 0 aliphatic carbocycles. The molecular weight excluding hydrogens is 331 g/mol. The maximum Gasteiger partial charge on any atom is 0.251 e. The van der Waals surface area contributed by atoms with Crippen LogP contribution in [-0.2, 0) is 0 Å². The largest absolute Gasteiger partial charge is 0.367 e. The molecule has 0 spiro atoms. The molecule has 0 radical (unpaired) electrons. The number of pyridine rings is 1. The summed E-state index contributed by atoms with van der Waals surface area (Å²) >= 11 is 0. The van der Waals surface area contributed by atoms with Gasteiger partial charge in [0.2, 0.25) is 0 Å². The first-order valence-electron chi connectivity index (χ1n) is 8.16. The predicted octanol–water partition coefficient (Wildman–Crippen LogP) is 3.40. The molecule has 26 heavy (non-hydrogen) atoms. The summed E-state index contributed by atoms with van der Waals surface area (Å²) in [5.74, 6) is -0.182. The summed E-state index contributed by atoms with van der Waals surface area (Å²) in [6.07, 6.45) is 0. The highest BCUT2D eigenvalue weighted by Gasteiger charge is 2.08. The second-order valence-electron chi connectivity index (χ2n) is 5.88. The standard InChI is InChI=1S/C20H17FN4O/c1-13-2-7-18-15(10-13)11-16(12-22)19(25-18)23-8-9-24-20(26)14-3-5-17(21)6-4-14/h2-7,10-11H,8-9H2,1H3,(H,23,25)(H,24,26). The Morgan fingerprint density at radius 1 is 1.15 bits per heavy atom. The van der Waals surface area contributed by atoms with Crippen LogP contribution in [0.1, 0.15) is 21.5 Å². The molecule has 2 aromatic carbocycles. The van der Waals surface area contributed by atoms with Crippen molar-refractivity contribution in [2.75, 3.05) is 18.4 Å². The summed E-state index contributed by atoms with van der Waals surface area (Å²) in [5, 5.41) is 16.1. The summed E-state index contributed by atoms with van der Waals surface area (Å²) in [6.45, 7) is 2.74. The van der Waals surface area contributed by atoms with Gasteiger partial charge in [0.25, 0.3) is 5.91 Å². The second kappa shape index (κ2) is 7.62. The topological polar surface area (TPSA) is 77.8 Å². The molecule has 0 fully saturated rings. The number of amides is 1. The molecule has 0 aliphatic heterocycles. The zero-order chi connectivity index (χ0) is 18.5. The Hall–Kier alpha value is -3.46. The van der Waals surface area contributed by atoms with Crippen LogP contribution in [0.3, 0.4) is 0 Å². The Kier molecular flexibility index (Phi) is 5.09. The summed E-state index contributed by atoms with van der Waals surface area (Å²) in [7, 11) is 0. The van der Waals surface area contributed by atoms with Crippen molar-refractivity contribution in [3.05, 3.63) is 71.0 Å². The zero-order valence-electron chi connectivity index (χ0n) is 14.2. The van der Waals surface area contributed by atoms with E-state index in [0.29, 0.717) is 30.0 Å². The number of nitrogens with zero attached hydrogens (tertiary/aromatic N) is 2. The van der Waals surface area contributed by atoms with Crippen LogP contribution in [-0.4, -0.2) is 24.0 Å². The highest BCUT2D eigenvalue weighted by Crippen LogP contribution is 2.20. The lowest BCUT2D eigenvalue weighted by atomic mass is 10.1. The number of aromatic nitrogens is 1. The third-order valence-electron chi connectivity index (χ3n) is 3.90. The average Bonchev–Trinajstić information content (AvgIpc) is 2.65. The molecule has 0 atom stereocenters. The van der Waals surface area contributed by atoms with Crippen LogP contribution in [0, 0.1) is 24.1 Å². The van der Waals surface area contributed by atoms with E-state index < -0.39 is 0 Å². The molecule has 0 saturated heterocycles. The lowest BCUT2D eigenvalue weighted by molar-refractivity contribution is 0.0955. The van der Waals surface area contributed by atoms with Gasteiger partial charge in [-0.2, -0.15) is 5.26 Å². The van der Waals surface area contributed by atoms with Crippen molar-refractivity contribution >= 4 is 22.6 Å². The van der Waals surface area contributed by atoms with Crippen molar-refractivity contribution in [3.8, 4) is 6.07 Å². The van der Waals surface area contributed by atoms with Gasteiger partial charge in [0, 0.05) is 24.0 Å². The minimum absolute atomic E-state index is 0.283. The predicted molar refractivity (Wildman–Crippen MR) is 98.4 cm³/mol. The van der Waals surface area contributed by atoms with Crippen molar-refractivity contribution < 1.29 is 9.18 Å². The molecule has 0 unspecified atom stereocenters. The minimum atomic E-state index is -0.384. The number of nitriles is 1. The molecule has 5 nitrogen and oxygen atoms in total. The van der Waals surface area contributed by atoms with Gasteiger partial charge >= 0.3 is 0 Å². The number of aryl methyl sites for hydroxylation is 1. The number of benzene rings is 2. The van der Waals surface area contributed by atoms with Crippen LogP contribution in [0.4, 0.5) is 10.2 Å². The Bertz CT molecular complexity index is 993. The van der Waals surface area contributed by atoms with Crippen molar-refractivity contribution in [2.45, 2.75) is 6.92 Å². The minimum Gasteiger partial charge on any atom is -0.367 e. The van der Waals surface area contributed by atoms with Crippen LogP contribution >= 0.6 is 0 Å². The SMILES string of the molecule is Cc1ccc2nc(NCCNC(=O)c3ccc(F)cc3)c(C#N)cc2c1. The van der Waals surface area contributed by atoms with Gasteiger partial charge in [-0.05, 0) is 49.4 Å². The number of halogens is 1. The molecule has 3 rings (SSSR count). The van der Waals surface area contributed by atoms with Crippen LogP contribution in [0.2, 0.25) is 0 Å². The number of hydrogen-bond donors (Lipinski definition) is 2. The first-order chi connectivity index (χ1) is 12.6. The highest BCUT2D eigenvalue weighted by atomic mass is 19.1. The molecule has 0 aliphatic rings. The third kappa shape index (κ3) is 3.95. The van der Waals surface area contributed by atoms with E-state index in [9.17, 15) is 14.4 Å². The number of hydrogen-bond acceptors (Lipinski definition) is 4. The fourth-order valence-electron chi connectivity index (χ4n) is 2.58. The summed E-state index contributed by atoms with van der Waals surface area (Å²) in [5.41, 5.74) is 2.75. The van der Waals surface area contributed by atoms with Crippen LogP contribution in [0.5, 0.6) is 0 Å². The highest BCUT2D eigenvalue weighted by molar-refractivity contribution is 5.94. The van der Waals surface area contributed by atoms with Crippen LogP contribution in [0.15, 0.2) is 48.5 Å². The van der Waals surface area contributed by atoms with Gasteiger partial charge in [-0.25, -0.2) is 9.37 Å². The van der Waals surface area contributed by atoms with E-state index in [0.717, 1.165) is 16.5 Å². The molecule has 1 aromatic heterocycles. The quantitative estimate of drug-likeness (QED) is 0.693. The van der Waals surface area contributed by atoms with Gasteiger partial charge in [0.05, 0.1) is 11.1 Å². The zero-order valence-corrected chi connectivity index (χ0v) is 14.2. The van der Waals surface area contributed by atoms with E-state index in [1.807, 2.05) is 25.1 Å². The molecular formula is C20H17FN4O. The average molecular weight is 348 g/mol. The number of rotatable bonds is 5. The van der Waals surface area contributed by atoms with Gasteiger partial charge < -0.3 is 10.6 Å². The van der Waals surface area contributed by atoms with E-state index in [2.05, 4.69) is 21.7 Å². The third-order valence-corrected chi connectivity index (χ3v) is 3.90. The first kappa shape index (κ1) is 17.4. The van der Waals surface area contributed by atoms with E-state index in [1.165, 1.54) is 24.3 Å². The van der Waals surface area contributed by atoms with Crippen LogP contribution < -0.4 is 10.6 Å². The van der Waals surface area contributed by atoms with Crippen molar-refractivity contribution in [1.82, 2.24) is 10.3 Å². The van der Waals surface area contributed by atoms with Gasteiger partial charge in [-0.1, -0.05) is 11.6 Å². The van der Waals surface area contributed by atoms with Gasteiger partial charge in [0.1, 0.15) is 17.7 Å². The van der Waals surface area contributed by atoms with Crippen molar-refractivity contribution in [2.24, 2.45) is 0 Å². The van der Waals surface area contributed by atoms with Crippen molar-refractivity contribution in [1.29, 1.82) is 5.26 Å². The number of carbonyl (C=O) groups excluding carboxylic acids is 1. The van der Waals surface area contributed by atoms with Gasteiger partial charge in [-0.3, -0.25) is 4.79 Å². The Balaban J connectivity index is 1.62. The Morgan fingerprint density at radius 2 is 1.92 bits per heavy atom. The molecule has 1 heterocycles. The van der Waals surface area contributed by atoms with E-state index in [-0.39, 0.29) is 11.7 Å². The normalized spacial score (nSPS) is 10.3. The Labute approximate surface area is 150 Å². The van der Waals surface area contributed by atoms with Gasteiger partial charge in [0.15, 0.2) is 0 Å². The summed E-state index contributed by atoms with van der Waals surface area (Å²) in [4.78, 5) is 16.5. The van der Waals surface area contributed by atoms with E-state index >= 15 is 0 Å². The Morgan fingerprint density at radius 3 is 2.65 bits per heavy atom. The first-order valence-corrected chi connectivity index (χ1v) is 8.16. The maximum atomic E-state index is 12.9. The molecule has 6 heteroatoms. The lowest BCUT2D eigenvalue weighted by Crippen LogP contribution is -2.29. The van der Waals surface area contributed by atoms with Crippen LogP contribution in [0.25, 0.3) is 10.9 Å². The second-order valence-corrected chi connectivity index (χ2v) is 5.88. The van der Waals surface area contributed by atoms with Gasteiger partial charge in [-0.15, -0.1) is 0 Å². The fourth-order valence-corrected chi connectivity index (χ4v) is 2.58. The molecule has 3 aromatic rings. The number of fused-ring (bicyclic) bond motifs is 1. The number of nitrogens with one attached hydrogen (secondary N) is 2. The number of anilines is 1. The molecule has 0 bridgehead atoms. The monoisotopic (exact) mass is 348 g/mol. The van der Waals surface area contributed by atoms with Crippen molar-refractivity contribution in [3.63, 3.8) is 0 Å². The summed E-state index contributed by atoms with van der Waals surface area (Å²) < 4.78 is 12.9. The smallest absolute Gasteiger partial charge is 0.251 e.